The number of fused-ring (bicyclic) bond motifs is 2. The minimum Gasteiger partial charge on any atom is -0.453 e. The number of benzene rings is 4. The second kappa shape index (κ2) is 18.0. The van der Waals surface area contributed by atoms with Crippen molar-refractivity contribution in [2.45, 2.75) is 56.9 Å². The molecule has 0 radical (unpaired) electrons. The Morgan fingerprint density at radius 2 is 1.53 bits per heavy atom. The molecule has 68 heavy (non-hydrogen) atoms. The number of nitrogens with one attached hydrogen (secondary N) is 1. The molecule has 5 saturated heterocycles. The molecule has 0 saturated carbocycles. The molecule has 1 N–H and O–H groups in total. The van der Waals surface area contributed by atoms with E-state index < -0.39 is 18.0 Å². The lowest BCUT2D eigenvalue weighted by molar-refractivity contribution is -0.136. The maximum Gasteiger partial charge on any atom is 0.265 e. The van der Waals surface area contributed by atoms with Crippen molar-refractivity contribution in [1.29, 1.82) is 5.26 Å². The summed E-state index contributed by atoms with van der Waals surface area (Å²) in [5, 5.41) is 12.6. The summed E-state index contributed by atoms with van der Waals surface area (Å²) in [4.78, 5) is 69.0. The van der Waals surface area contributed by atoms with E-state index in [1.165, 1.54) is 29.1 Å². The Hall–Kier alpha value is -6.90. The summed E-state index contributed by atoms with van der Waals surface area (Å²) < 4.78 is 36.5. The van der Waals surface area contributed by atoms with E-state index in [4.69, 9.17) is 4.74 Å². The van der Waals surface area contributed by atoms with Crippen LogP contribution in [0.5, 0.6) is 11.5 Å². The topological polar surface area (TPSA) is 151 Å². The largest absolute Gasteiger partial charge is 0.453 e. The molecule has 15 nitrogen and oxygen atoms in total. The van der Waals surface area contributed by atoms with Crippen molar-refractivity contribution in [2.75, 3.05) is 86.7 Å². The van der Waals surface area contributed by atoms with Crippen molar-refractivity contribution >= 4 is 45.7 Å². The molecule has 4 aromatic carbocycles. The number of ether oxygens (including phenoxy) is 1. The van der Waals surface area contributed by atoms with E-state index in [1.54, 1.807) is 21.9 Å². The molecule has 0 spiro atoms. The predicted octanol–water partition coefficient (Wildman–Crippen LogP) is 5.22. The Morgan fingerprint density at radius 3 is 2.26 bits per heavy atom. The van der Waals surface area contributed by atoms with Crippen LogP contribution in [0.15, 0.2) is 83.9 Å². The van der Waals surface area contributed by atoms with Gasteiger partial charge in [0.2, 0.25) is 11.8 Å². The van der Waals surface area contributed by atoms with Crippen molar-refractivity contribution in [3.05, 3.63) is 112 Å². The number of imide groups is 1. The fraction of sp³-hybridized carbons (Fsp3) is 0.412. The molecule has 5 fully saturated rings. The smallest absolute Gasteiger partial charge is 0.265 e. The zero-order valence-corrected chi connectivity index (χ0v) is 37.7. The Kier molecular flexibility index (Phi) is 11.5. The third-order valence-corrected chi connectivity index (χ3v) is 14.8. The van der Waals surface area contributed by atoms with Crippen molar-refractivity contribution in [3.8, 4) is 23.3 Å². The maximum atomic E-state index is 15.1. The summed E-state index contributed by atoms with van der Waals surface area (Å²) in [6, 6.07) is 23.3. The molecule has 5 aromatic rings. The fourth-order valence-corrected chi connectivity index (χ4v) is 11.1. The number of alkyl halides is 1. The molecule has 350 valence electrons. The van der Waals surface area contributed by atoms with Crippen molar-refractivity contribution in [2.24, 2.45) is 5.92 Å². The van der Waals surface area contributed by atoms with E-state index in [0.717, 1.165) is 88.7 Å². The second-order valence-electron chi connectivity index (χ2n) is 19.0. The van der Waals surface area contributed by atoms with Crippen LogP contribution in [-0.4, -0.2) is 132 Å². The van der Waals surface area contributed by atoms with E-state index in [9.17, 15) is 28.8 Å². The highest BCUT2D eigenvalue weighted by atomic mass is 19.1. The molecule has 0 bridgehead atoms. The van der Waals surface area contributed by atoms with Gasteiger partial charge < -0.3 is 29.2 Å². The number of aromatic nitrogens is 2. The quantitative estimate of drug-likeness (QED) is 0.183. The monoisotopic (exact) mass is 922 g/mol. The van der Waals surface area contributed by atoms with Crippen LogP contribution < -0.4 is 30.3 Å². The predicted molar refractivity (Wildman–Crippen MR) is 252 cm³/mol. The van der Waals surface area contributed by atoms with E-state index >= 15 is 4.39 Å². The maximum absolute atomic E-state index is 15.1. The van der Waals surface area contributed by atoms with Crippen LogP contribution in [0.4, 0.5) is 25.8 Å². The SMILES string of the molecule is N#Cc1c(N2CC[C@@H](F)C2)ccc(F)c1Oc1ccc2ncn(-c3ccc(N4CC(CN5CCN(C6CCN(c7ccc8c(c7)CN([C@@H]7CCC(=O)NC7=O)C8=O)CC6)CC5)C4)cc3)c(=O)c2c1. The van der Waals surface area contributed by atoms with Gasteiger partial charge in [-0.2, -0.15) is 5.26 Å². The lowest BCUT2D eigenvalue weighted by atomic mass is 9.97. The van der Waals surface area contributed by atoms with Gasteiger partial charge in [0.25, 0.3) is 11.5 Å². The van der Waals surface area contributed by atoms with Gasteiger partial charge in [0.05, 0.1) is 22.3 Å². The van der Waals surface area contributed by atoms with E-state index in [-0.39, 0.29) is 58.7 Å². The molecule has 6 aliphatic rings. The van der Waals surface area contributed by atoms with Gasteiger partial charge >= 0.3 is 0 Å². The first-order valence-corrected chi connectivity index (χ1v) is 23.7. The molecule has 3 amide bonds. The molecular weight excluding hydrogens is 871 g/mol. The first-order valence-electron chi connectivity index (χ1n) is 23.7. The second-order valence-corrected chi connectivity index (χ2v) is 19.0. The van der Waals surface area contributed by atoms with Crippen LogP contribution in [0.2, 0.25) is 0 Å². The molecule has 0 unspecified atom stereocenters. The number of carbonyl (C=O) groups is 3. The number of halogens is 2. The first kappa shape index (κ1) is 43.7. The van der Waals surface area contributed by atoms with Gasteiger partial charge in [0, 0.05) is 114 Å². The summed E-state index contributed by atoms with van der Waals surface area (Å²) in [5.41, 5.74) is 4.96. The summed E-state index contributed by atoms with van der Waals surface area (Å²) >= 11 is 0. The summed E-state index contributed by atoms with van der Waals surface area (Å²) in [6.45, 7) is 10.1. The van der Waals surface area contributed by atoms with Gasteiger partial charge in [-0.15, -0.1) is 0 Å². The summed E-state index contributed by atoms with van der Waals surface area (Å²) in [7, 11) is 0. The molecule has 2 atom stereocenters. The van der Waals surface area contributed by atoms with Gasteiger partial charge in [0.1, 0.15) is 35.9 Å². The highest BCUT2D eigenvalue weighted by molar-refractivity contribution is 6.05. The van der Waals surface area contributed by atoms with Crippen molar-refractivity contribution < 1.29 is 27.9 Å². The summed E-state index contributed by atoms with van der Waals surface area (Å²) in [6.07, 6.45) is 3.58. The molecule has 1 aromatic heterocycles. The minimum atomic E-state index is -1.02. The third-order valence-electron chi connectivity index (χ3n) is 14.8. The summed E-state index contributed by atoms with van der Waals surface area (Å²) in [5.74, 6) is -1.07. The van der Waals surface area contributed by atoms with E-state index in [0.29, 0.717) is 60.3 Å². The van der Waals surface area contributed by atoms with Crippen LogP contribution >= 0.6 is 0 Å². The number of piperazine rings is 1. The number of nitrogens with zero attached hydrogens (tertiary/aromatic N) is 9. The van der Waals surface area contributed by atoms with Gasteiger partial charge in [-0.25, -0.2) is 13.8 Å². The fourth-order valence-electron chi connectivity index (χ4n) is 11.1. The van der Waals surface area contributed by atoms with Crippen LogP contribution in [-0.2, 0) is 16.1 Å². The number of amides is 3. The van der Waals surface area contributed by atoms with Gasteiger partial charge in [-0.3, -0.25) is 34.0 Å². The lowest BCUT2D eigenvalue weighted by Gasteiger charge is -2.46. The number of piperidine rings is 2. The zero-order chi connectivity index (χ0) is 46.6. The Balaban J connectivity index is 0.648. The average molecular weight is 923 g/mol. The number of nitriles is 1. The van der Waals surface area contributed by atoms with Crippen molar-refractivity contribution in [3.63, 3.8) is 0 Å². The van der Waals surface area contributed by atoms with Gasteiger partial charge in [0.15, 0.2) is 11.6 Å². The molecular formula is C51H52F2N10O5. The standard InChI is InChI=1S/C51H52F2N10O5/c52-34-13-16-60(30-34)45-10-8-43(53)48(42(45)25-54)68-39-6-9-44-41(24-39)51(67)63(31-55-44)37-3-1-35(2-4-37)61-27-32(28-61)26-57-19-21-59(22-20-57)36-14-17-58(18-15-36)38-5-7-40-33(23-38)29-62(50(40)66)46-11-12-47(64)56-49(46)65/h1-10,23-24,31-32,34,36,46H,11-22,26-30H2,(H,56,64,65)/t34-,46-/m1/s1. The highest BCUT2D eigenvalue weighted by Gasteiger charge is 2.40. The number of hydrogen-bond acceptors (Lipinski definition) is 12. The highest BCUT2D eigenvalue weighted by Crippen LogP contribution is 2.38. The number of rotatable bonds is 10. The Labute approximate surface area is 392 Å². The number of hydrogen-bond donors (Lipinski definition) is 1. The van der Waals surface area contributed by atoms with Crippen LogP contribution in [0, 0.1) is 23.1 Å². The van der Waals surface area contributed by atoms with Crippen LogP contribution in [0.1, 0.15) is 53.6 Å². The van der Waals surface area contributed by atoms with Crippen LogP contribution in [0.25, 0.3) is 16.6 Å². The van der Waals surface area contributed by atoms with E-state index in [1.807, 2.05) is 42.5 Å². The number of carbonyl (C=O) groups excluding carboxylic acids is 3. The Bertz CT molecular complexity index is 2900. The van der Waals surface area contributed by atoms with E-state index in [2.05, 4.69) is 36.0 Å². The Morgan fingerprint density at radius 1 is 0.779 bits per heavy atom. The number of anilines is 3. The molecule has 7 heterocycles. The average Bonchev–Trinajstić information content (AvgIpc) is 3.92. The lowest BCUT2D eigenvalue weighted by Crippen LogP contribution is -2.57. The van der Waals surface area contributed by atoms with Gasteiger partial charge in [-0.05, 0) is 104 Å². The minimum absolute atomic E-state index is 0.0284. The third kappa shape index (κ3) is 8.29. The van der Waals surface area contributed by atoms with Crippen LogP contribution in [0.3, 0.4) is 0 Å². The molecule has 11 rings (SSSR count). The molecule has 0 aliphatic carbocycles. The first-order chi connectivity index (χ1) is 33.1. The van der Waals surface area contributed by atoms with Crippen molar-refractivity contribution in [1.82, 2.24) is 29.6 Å². The molecule has 6 aliphatic heterocycles. The molecule has 17 heteroatoms. The normalized spacial score (nSPS) is 21.9. The van der Waals surface area contributed by atoms with Gasteiger partial charge in [-0.1, -0.05) is 0 Å². The zero-order valence-electron chi connectivity index (χ0n) is 37.7.